The lowest BCUT2D eigenvalue weighted by Gasteiger charge is -2.21. The van der Waals surface area contributed by atoms with Crippen molar-refractivity contribution < 1.29 is 10.2 Å². The highest BCUT2D eigenvalue weighted by Gasteiger charge is 2.22. The van der Waals surface area contributed by atoms with Crippen LogP contribution in [0.15, 0.2) is 23.8 Å². The van der Waals surface area contributed by atoms with Gasteiger partial charge in [-0.2, -0.15) is 0 Å². The Balaban J connectivity index is 2.64. The van der Waals surface area contributed by atoms with Gasteiger partial charge in [-0.1, -0.05) is 19.1 Å². The first kappa shape index (κ1) is 9.78. The fourth-order valence-electron chi connectivity index (χ4n) is 1.10. The van der Waals surface area contributed by atoms with Gasteiger partial charge in [0, 0.05) is 6.42 Å². The number of hydrogen-bond donors (Lipinski definition) is 2. The predicted octanol–water partition coefficient (Wildman–Crippen LogP) is 1.57. The summed E-state index contributed by atoms with van der Waals surface area (Å²) in [5, 5.41) is 18.2. The van der Waals surface area contributed by atoms with E-state index in [-0.39, 0.29) is 11.8 Å². The van der Waals surface area contributed by atoms with Crippen molar-refractivity contribution in [3.8, 4) is 0 Å². The minimum absolute atomic E-state index is 0.0163. The van der Waals surface area contributed by atoms with Crippen LogP contribution in [-0.4, -0.2) is 21.4 Å². The maximum atomic E-state index is 9.13. The molecule has 0 saturated carbocycles. The summed E-state index contributed by atoms with van der Waals surface area (Å²) >= 11 is 5.95. The van der Waals surface area contributed by atoms with E-state index in [1.807, 2.05) is 6.92 Å². The maximum Gasteiger partial charge on any atom is 0.186 e. The Labute approximate surface area is 77.2 Å². The van der Waals surface area contributed by atoms with Gasteiger partial charge in [-0.05, 0) is 18.1 Å². The summed E-state index contributed by atoms with van der Waals surface area (Å²) in [6, 6.07) is 0. The molecule has 0 heterocycles. The minimum atomic E-state index is -1.67. The first-order chi connectivity index (χ1) is 5.55. The van der Waals surface area contributed by atoms with Crippen LogP contribution < -0.4 is 0 Å². The van der Waals surface area contributed by atoms with E-state index >= 15 is 0 Å². The van der Waals surface area contributed by atoms with E-state index in [2.05, 4.69) is 0 Å². The van der Waals surface area contributed by atoms with Crippen LogP contribution in [0.5, 0.6) is 0 Å². The molecular weight excluding hydrogens is 176 g/mol. The molecule has 3 heteroatoms. The Kier molecular flexibility index (Phi) is 2.94. The highest BCUT2D eigenvalue weighted by Crippen LogP contribution is 2.23. The van der Waals surface area contributed by atoms with Gasteiger partial charge in [0.1, 0.15) is 0 Å². The van der Waals surface area contributed by atoms with Crippen molar-refractivity contribution in [2.45, 2.75) is 30.9 Å². The summed E-state index contributed by atoms with van der Waals surface area (Å²) in [4.78, 5) is 0. The van der Waals surface area contributed by atoms with Crippen LogP contribution in [0.25, 0.3) is 0 Å². The summed E-state index contributed by atoms with van der Waals surface area (Å²) in [6.07, 6.45) is 5.88. The molecule has 0 amide bonds. The van der Waals surface area contributed by atoms with Gasteiger partial charge < -0.3 is 10.2 Å². The van der Waals surface area contributed by atoms with Gasteiger partial charge in [0.05, 0.1) is 5.38 Å². The zero-order valence-electron chi connectivity index (χ0n) is 7.00. The van der Waals surface area contributed by atoms with Gasteiger partial charge in [-0.15, -0.1) is 11.6 Å². The summed E-state index contributed by atoms with van der Waals surface area (Å²) in [5.74, 6) is -1.67. The van der Waals surface area contributed by atoms with Crippen molar-refractivity contribution in [3.63, 3.8) is 0 Å². The SMILES string of the molecule is CCC(Cl)C1=CCC(O)(O)C=C1. The molecule has 0 spiro atoms. The Morgan fingerprint density at radius 2 is 2.33 bits per heavy atom. The summed E-state index contributed by atoms with van der Waals surface area (Å²) in [7, 11) is 0. The molecule has 0 aromatic carbocycles. The lowest BCUT2D eigenvalue weighted by molar-refractivity contribution is -0.115. The normalized spacial score (nSPS) is 23.5. The van der Waals surface area contributed by atoms with E-state index in [0.29, 0.717) is 0 Å². The second kappa shape index (κ2) is 3.60. The fraction of sp³-hybridized carbons (Fsp3) is 0.556. The van der Waals surface area contributed by atoms with Crippen molar-refractivity contribution in [2.24, 2.45) is 0 Å². The van der Waals surface area contributed by atoms with Crippen molar-refractivity contribution >= 4 is 11.6 Å². The first-order valence-corrected chi connectivity index (χ1v) is 4.47. The van der Waals surface area contributed by atoms with E-state index in [0.717, 1.165) is 12.0 Å². The molecule has 2 nitrogen and oxygen atoms in total. The van der Waals surface area contributed by atoms with Crippen molar-refractivity contribution in [1.82, 2.24) is 0 Å². The van der Waals surface area contributed by atoms with Crippen LogP contribution in [0.4, 0.5) is 0 Å². The number of allylic oxidation sites excluding steroid dienone is 2. The lowest BCUT2D eigenvalue weighted by Crippen LogP contribution is -2.26. The van der Waals surface area contributed by atoms with Crippen LogP contribution >= 0.6 is 11.6 Å². The zero-order chi connectivity index (χ0) is 9.19. The van der Waals surface area contributed by atoms with Gasteiger partial charge in [-0.3, -0.25) is 0 Å². The molecule has 0 bridgehead atoms. The number of rotatable bonds is 2. The summed E-state index contributed by atoms with van der Waals surface area (Å²) < 4.78 is 0. The molecule has 0 radical (unpaired) electrons. The molecule has 1 aliphatic carbocycles. The van der Waals surface area contributed by atoms with Crippen LogP contribution in [0.1, 0.15) is 19.8 Å². The molecule has 0 aromatic rings. The minimum Gasteiger partial charge on any atom is -0.362 e. The van der Waals surface area contributed by atoms with Crippen LogP contribution in [0, 0.1) is 0 Å². The van der Waals surface area contributed by atoms with Crippen LogP contribution in [-0.2, 0) is 0 Å². The monoisotopic (exact) mass is 188 g/mol. The Hall–Kier alpha value is -0.310. The third kappa shape index (κ3) is 2.34. The molecule has 1 aliphatic rings. The number of aliphatic hydroxyl groups is 2. The molecule has 0 fully saturated rings. The van der Waals surface area contributed by atoms with Gasteiger partial charge in [-0.25, -0.2) is 0 Å². The number of alkyl halides is 1. The van der Waals surface area contributed by atoms with Crippen molar-refractivity contribution in [2.75, 3.05) is 0 Å². The largest absolute Gasteiger partial charge is 0.362 e. The molecule has 1 rings (SSSR count). The Bertz CT molecular complexity index is 219. The molecule has 12 heavy (non-hydrogen) atoms. The average molecular weight is 189 g/mol. The molecule has 0 aliphatic heterocycles. The van der Waals surface area contributed by atoms with Gasteiger partial charge in [0.2, 0.25) is 0 Å². The maximum absolute atomic E-state index is 9.13. The highest BCUT2D eigenvalue weighted by atomic mass is 35.5. The first-order valence-electron chi connectivity index (χ1n) is 4.03. The van der Waals surface area contributed by atoms with Gasteiger partial charge in [0.15, 0.2) is 5.79 Å². The third-order valence-electron chi connectivity index (χ3n) is 1.90. The van der Waals surface area contributed by atoms with E-state index in [4.69, 9.17) is 21.8 Å². The second-order valence-corrected chi connectivity index (χ2v) is 3.52. The van der Waals surface area contributed by atoms with E-state index in [1.165, 1.54) is 6.08 Å². The molecule has 2 N–H and O–H groups in total. The Morgan fingerprint density at radius 3 is 2.75 bits per heavy atom. The smallest absolute Gasteiger partial charge is 0.186 e. The van der Waals surface area contributed by atoms with Gasteiger partial charge >= 0.3 is 0 Å². The molecule has 1 atom stereocenters. The van der Waals surface area contributed by atoms with Crippen LogP contribution in [0.2, 0.25) is 0 Å². The Morgan fingerprint density at radius 1 is 1.67 bits per heavy atom. The molecule has 0 aromatic heterocycles. The van der Waals surface area contributed by atoms with E-state index in [9.17, 15) is 0 Å². The second-order valence-electron chi connectivity index (χ2n) is 3.00. The average Bonchev–Trinajstić information content (AvgIpc) is 2.03. The van der Waals surface area contributed by atoms with Crippen molar-refractivity contribution in [3.05, 3.63) is 23.8 Å². The molecule has 68 valence electrons. The molecule has 0 saturated heterocycles. The summed E-state index contributed by atoms with van der Waals surface area (Å²) in [6.45, 7) is 1.99. The fourth-order valence-corrected chi connectivity index (χ4v) is 1.26. The standard InChI is InChI=1S/C9H13ClO2/c1-2-8(10)7-3-5-9(11,12)6-4-7/h3-5,8,11-12H,2,6H2,1H3. The highest BCUT2D eigenvalue weighted by molar-refractivity contribution is 6.22. The van der Waals surface area contributed by atoms with E-state index in [1.54, 1.807) is 12.2 Å². The third-order valence-corrected chi connectivity index (χ3v) is 2.46. The summed E-state index contributed by atoms with van der Waals surface area (Å²) in [5.41, 5.74) is 0.970. The van der Waals surface area contributed by atoms with Crippen molar-refractivity contribution in [1.29, 1.82) is 0 Å². The lowest BCUT2D eigenvalue weighted by atomic mass is 9.99. The van der Waals surface area contributed by atoms with E-state index < -0.39 is 5.79 Å². The van der Waals surface area contributed by atoms with Gasteiger partial charge in [0.25, 0.3) is 0 Å². The number of hydrogen-bond acceptors (Lipinski definition) is 2. The predicted molar refractivity (Wildman–Crippen MR) is 48.9 cm³/mol. The quantitative estimate of drug-likeness (QED) is 0.510. The molecule has 1 unspecified atom stereocenters. The number of halogens is 1. The zero-order valence-corrected chi connectivity index (χ0v) is 7.75. The topological polar surface area (TPSA) is 40.5 Å². The van der Waals surface area contributed by atoms with Crippen LogP contribution in [0.3, 0.4) is 0 Å². The molecular formula is C9H13ClO2.